The van der Waals surface area contributed by atoms with Crippen LogP contribution >= 0.6 is 12.2 Å². The molecule has 2 aromatic rings. The summed E-state index contributed by atoms with van der Waals surface area (Å²) in [7, 11) is 0. The SMILES string of the molecule is CC(C)CCCOc1ccc(C(N)=S)c2ccccc12. The molecule has 2 rings (SSSR count). The van der Waals surface area contributed by atoms with Crippen molar-refractivity contribution in [2.45, 2.75) is 26.7 Å². The first-order chi connectivity index (χ1) is 9.59. The van der Waals surface area contributed by atoms with Gasteiger partial charge in [-0.05, 0) is 36.3 Å². The topological polar surface area (TPSA) is 35.2 Å². The van der Waals surface area contributed by atoms with Gasteiger partial charge in [-0.25, -0.2) is 0 Å². The van der Waals surface area contributed by atoms with Crippen LogP contribution in [0.15, 0.2) is 36.4 Å². The summed E-state index contributed by atoms with van der Waals surface area (Å²) in [4.78, 5) is 0.424. The number of hydrogen-bond acceptors (Lipinski definition) is 2. The number of ether oxygens (including phenoxy) is 1. The Morgan fingerprint density at radius 3 is 2.50 bits per heavy atom. The summed E-state index contributed by atoms with van der Waals surface area (Å²) in [5.74, 6) is 1.62. The maximum atomic E-state index is 5.92. The van der Waals surface area contributed by atoms with E-state index >= 15 is 0 Å². The fraction of sp³-hybridized carbons (Fsp3) is 0.353. The molecule has 106 valence electrons. The van der Waals surface area contributed by atoms with Crippen LogP contribution in [0.3, 0.4) is 0 Å². The van der Waals surface area contributed by atoms with Crippen molar-refractivity contribution in [2.24, 2.45) is 11.7 Å². The van der Waals surface area contributed by atoms with E-state index in [2.05, 4.69) is 19.9 Å². The molecule has 2 aromatic carbocycles. The van der Waals surface area contributed by atoms with Crippen LogP contribution in [0, 0.1) is 5.92 Å². The molecule has 0 saturated heterocycles. The average Bonchev–Trinajstić information content (AvgIpc) is 2.43. The van der Waals surface area contributed by atoms with E-state index in [4.69, 9.17) is 22.7 Å². The smallest absolute Gasteiger partial charge is 0.127 e. The van der Waals surface area contributed by atoms with Crippen LogP contribution in [-0.2, 0) is 0 Å². The Morgan fingerprint density at radius 2 is 1.85 bits per heavy atom. The molecule has 0 amide bonds. The summed E-state index contributed by atoms with van der Waals surface area (Å²) in [5, 5.41) is 2.13. The molecule has 0 saturated carbocycles. The Morgan fingerprint density at radius 1 is 1.15 bits per heavy atom. The third-order valence-corrected chi connectivity index (χ3v) is 3.55. The Kier molecular flexibility index (Phi) is 4.96. The molecule has 3 heteroatoms. The van der Waals surface area contributed by atoms with E-state index in [1.807, 2.05) is 30.3 Å². The average molecular weight is 287 g/mol. The number of nitrogens with two attached hydrogens (primary N) is 1. The fourth-order valence-corrected chi connectivity index (χ4v) is 2.46. The summed E-state index contributed by atoms with van der Waals surface area (Å²) < 4.78 is 5.92. The van der Waals surface area contributed by atoms with E-state index in [1.54, 1.807) is 0 Å². The zero-order valence-electron chi connectivity index (χ0n) is 12.1. The lowest BCUT2D eigenvalue weighted by atomic mass is 10.0. The number of hydrogen-bond donors (Lipinski definition) is 1. The summed E-state index contributed by atoms with van der Waals surface area (Å²) in [5.41, 5.74) is 6.68. The molecule has 0 unspecified atom stereocenters. The normalized spacial score (nSPS) is 10.9. The van der Waals surface area contributed by atoms with Crippen molar-refractivity contribution in [1.29, 1.82) is 0 Å². The van der Waals surface area contributed by atoms with Crippen molar-refractivity contribution in [3.63, 3.8) is 0 Å². The zero-order valence-corrected chi connectivity index (χ0v) is 12.9. The van der Waals surface area contributed by atoms with Gasteiger partial charge in [0.15, 0.2) is 0 Å². The van der Waals surface area contributed by atoms with Crippen molar-refractivity contribution in [3.8, 4) is 5.75 Å². The molecule has 0 bridgehead atoms. The van der Waals surface area contributed by atoms with Crippen molar-refractivity contribution < 1.29 is 4.74 Å². The third kappa shape index (κ3) is 3.48. The quantitative estimate of drug-likeness (QED) is 0.636. The van der Waals surface area contributed by atoms with Crippen molar-refractivity contribution >= 4 is 28.0 Å². The molecule has 0 radical (unpaired) electrons. The van der Waals surface area contributed by atoms with Crippen LogP contribution in [0.2, 0.25) is 0 Å². The first kappa shape index (κ1) is 14.8. The fourth-order valence-electron chi connectivity index (χ4n) is 2.29. The van der Waals surface area contributed by atoms with E-state index in [1.165, 1.54) is 6.42 Å². The number of fused-ring (bicyclic) bond motifs is 1. The second kappa shape index (κ2) is 6.71. The third-order valence-electron chi connectivity index (χ3n) is 3.33. The van der Waals surface area contributed by atoms with Crippen LogP contribution < -0.4 is 10.5 Å². The van der Waals surface area contributed by atoms with Crippen LogP contribution in [0.5, 0.6) is 5.75 Å². The van der Waals surface area contributed by atoms with E-state index in [9.17, 15) is 0 Å². The first-order valence-electron chi connectivity index (χ1n) is 7.04. The minimum Gasteiger partial charge on any atom is -0.493 e. The van der Waals surface area contributed by atoms with Gasteiger partial charge < -0.3 is 10.5 Å². The molecular formula is C17H21NOS. The largest absolute Gasteiger partial charge is 0.493 e. The van der Waals surface area contributed by atoms with Gasteiger partial charge in [0.1, 0.15) is 10.7 Å². The molecule has 2 N–H and O–H groups in total. The lowest BCUT2D eigenvalue weighted by Gasteiger charge is -2.12. The lowest BCUT2D eigenvalue weighted by molar-refractivity contribution is 0.301. The van der Waals surface area contributed by atoms with Gasteiger partial charge >= 0.3 is 0 Å². The van der Waals surface area contributed by atoms with E-state index in [-0.39, 0.29) is 0 Å². The predicted molar refractivity (Wildman–Crippen MR) is 89.4 cm³/mol. The Hall–Kier alpha value is -1.61. The number of benzene rings is 2. The highest BCUT2D eigenvalue weighted by atomic mass is 32.1. The van der Waals surface area contributed by atoms with Gasteiger partial charge in [0.2, 0.25) is 0 Å². The minimum atomic E-state index is 0.424. The second-order valence-corrected chi connectivity index (χ2v) is 5.85. The second-order valence-electron chi connectivity index (χ2n) is 5.41. The first-order valence-corrected chi connectivity index (χ1v) is 7.44. The molecule has 0 spiro atoms. The van der Waals surface area contributed by atoms with E-state index in [0.717, 1.165) is 35.1 Å². The summed E-state index contributed by atoms with van der Waals surface area (Å²) >= 11 is 5.10. The molecule has 20 heavy (non-hydrogen) atoms. The zero-order chi connectivity index (χ0) is 14.5. The molecule has 0 aliphatic heterocycles. The van der Waals surface area contributed by atoms with E-state index in [0.29, 0.717) is 10.9 Å². The van der Waals surface area contributed by atoms with Gasteiger partial charge in [-0.3, -0.25) is 0 Å². The van der Waals surface area contributed by atoms with Crippen molar-refractivity contribution in [3.05, 3.63) is 42.0 Å². The van der Waals surface area contributed by atoms with Gasteiger partial charge in [-0.1, -0.05) is 50.3 Å². The monoisotopic (exact) mass is 287 g/mol. The van der Waals surface area contributed by atoms with Crippen LogP contribution in [-0.4, -0.2) is 11.6 Å². The lowest BCUT2D eigenvalue weighted by Crippen LogP contribution is -2.10. The van der Waals surface area contributed by atoms with Crippen LogP contribution in [0.25, 0.3) is 10.8 Å². The van der Waals surface area contributed by atoms with Gasteiger partial charge in [-0.15, -0.1) is 0 Å². The summed E-state index contributed by atoms with van der Waals surface area (Å²) in [6, 6.07) is 12.0. The molecule has 2 nitrogen and oxygen atoms in total. The Labute approximate surface area is 125 Å². The molecule has 0 aliphatic rings. The van der Waals surface area contributed by atoms with Crippen molar-refractivity contribution in [1.82, 2.24) is 0 Å². The highest BCUT2D eigenvalue weighted by Crippen LogP contribution is 2.28. The standard InChI is InChI=1S/C17H21NOS/c1-12(2)6-5-11-19-16-10-9-15(17(18)20)13-7-3-4-8-14(13)16/h3-4,7-10,12H,5-6,11H2,1-2H3,(H2,18,20). The molecule has 0 aromatic heterocycles. The Balaban J connectivity index is 2.22. The highest BCUT2D eigenvalue weighted by molar-refractivity contribution is 7.80. The summed E-state index contributed by atoms with van der Waals surface area (Å²) in [6.45, 7) is 5.20. The minimum absolute atomic E-state index is 0.424. The maximum Gasteiger partial charge on any atom is 0.127 e. The van der Waals surface area contributed by atoms with E-state index < -0.39 is 0 Å². The Bertz CT molecular complexity index is 607. The predicted octanol–water partition coefficient (Wildman–Crippen LogP) is 4.29. The van der Waals surface area contributed by atoms with Gasteiger partial charge in [-0.2, -0.15) is 0 Å². The van der Waals surface area contributed by atoms with Gasteiger partial charge in [0.05, 0.1) is 6.61 Å². The van der Waals surface area contributed by atoms with Crippen LogP contribution in [0.4, 0.5) is 0 Å². The van der Waals surface area contributed by atoms with Gasteiger partial charge in [0.25, 0.3) is 0 Å². The highest BCUT2D eigenvalue weighted by Gasteiger charge is 2.08. The molecule has 0 heterocycles. The summed E-state index contributed by atoms with van der Waals surface area (Å²) in [6.07, 6.45) is 2.26. The van der Waals surface area contributed by atoms with Gasteiger partial charge in [0, 0.05) is 10.9 Å². The van der Waals surface area contributed by atoms with Crippen LogP contribution in [0.1, 0.15) is 32.3 Å². The number of thiocarbonyl (C=S) groups is 1. The molecule has 0 atom stereocenters. The maximum absolute atomic E-state index is 5.92. The van der Waals surface area contributed by atoms with Crippen molar-refractivity contribution in [2.75, 3.05) is 6.61 Å². The molecular weight excluding hydrogens is 266 g/mol. The number of rotatable bonds is 6. The molecule has 0 aliphatic carbocycles. The molecule has 0 fully saturated rings.